The van der Waals surface area contributed by atoms with Crippen LogP contribution in [0.15, 0.2) is 48.3 Å². The summed E-state index contributed by atoms with van der Waals surface area (Å²) in [5, 5.41) is 8.39. The lowest BCUT2D eigenvalue weighted by atomic mass is 9.74. The van der Waals surface area contributed by atoms with Crippen LogP contribution in [0.4, 0.5) is 4.39 Å². The van der Waals surface area contributed by atoms with E-state index < -0.39 is 5.83 Å². The largest absolute Gasteiger partial charge is 0.199 e. The monoisotopic (exact) mass is 421 g/mol. The van der Waals surface area contributed by atoms with Crippen LogP contribution in [0, 0.1) is 29.1 Å². The van der Waals surface area contributed by atoms with Crippen molar-refractivity contribution in [3.05, 3.63) is 59.4 Å². The van der Waals surface area contributed by atoms with E-state index in [1.54, 1.807) is 11.6 Å². The predicted molar refractivity (Wildman–Crippen MR) is 128 cm³/mol. The summed E-state index contributed by atoms with van der Waals surface area (Å²) < 4.78 is 12.7. The van der Waals surface area contributed by atoms with Gasteiger partial charge in [-0.15, -0.1) is 0 Å². The maximum absolute atomic E-state index is 12.7. The van der Waals surface area contributed by atoms with Gasteiger partial charge in [-0.1, -0.05) is 81.9 Å². The highest BCUT2D eigenvalue weighted by Crippen LogP contribution is 2.40. The average molecular weight is 422 g/mol. The molecule has 31 heavy (non-hydrogen) atoms. The van der Waals surface area contributed by atoms with Crippen molar-refractivity contribution in [3.63, 3.8) is 0 Å². The van der Waals surface area contributed by atoms with Crippen LogP contribution in [0.2, 0.25) is 0 Å². The van der Waals surface area contributed by atoms with Gasteiger partial charge in [-0.2, -0.15) is 9.65 Å². The summed E-state index contributed by atoms with van der Waals surface area (Å²) in [5.74, 6) is 2.81. The molecule has 0 spiro atoms. The fraction of sp³-hybridized carbons (Fsp3) is 0.621. The third kappa shape index (κ3) is 7.95. The number of rotatable bonds is 9. The maximum atomic E-state index is 12.7. The van der Waals surface area contributed by atoms with Crippen LogP contribution >= 0.6 is 0 Å². The first-order chi connectivity index (χ1) is 15.2. The lowest BCUT2D eigenvalue weighted by molar-refractivity contribution is 0.225. The Labute approximate surface area is 189 Å². The molecule has 1 aromatic rings. The minimum atomic E-state index is -0.712. The number of allylic oxidation sites excluding steroid dienone is 4. The van der Waals surface area contributed by atoms with E-state index in [9.17, 15) is 4.39 Å². The van der Waals surface area contributed by atoms with Gasteiger partial charge >= 0.3 is 0 Å². The van der Waals surface area contributed by atoms with E-state index in [4.69, 9.17) is 5.26 Å². The van der Waals surface area contributed by atoms with Crippen LogP contribution < -0.4 is 0 Å². The molecular weight excluding hydrogens is 381 g/mol. The van der Waals surface area contributed by atoms with Crippen molar-refractivity contribution in [1.29, 1.82) is 5.26 Å². The van der Waals surface area contributed by atoms with Gasteiger partial charge in [0.25, 0.3) is 0 Å². The molecule has 2 heteroatoms. The molecule has 2 fully saturated rings. The second-order valence-electron chi connectivity index (χ2n) is 9.91. The number of hydrogen-bond acceptors (Lipinski definition) is 1. The zero-order chi connectivity index (χ0) is 21.9. The molecule has 0 aromatic heterocycles. The smallest absolute Gasteiger partial charge is 0.195 e. The van der Waals surface area contributed by atoms with Gasteiger partial charge in [-0.25, -0.2) is 0 Å². The van der Waals surface area contributed by atoms with Crippen molar-refractivity contribution in [1.82, 2.24) is 0 Å². The second kappa shape index (κ2) is 12.8. The Kier molecular flexibility index (Phi) is 9.85. The van der Waals surface area contributed by atoms with Crippen LogP contribution in [0.1, 0.15) is 101 Å². The van der Waals surface area contributed by atoms with Gasteiger partial charge in [0.05, 0.1) is 0 Å². The molecule has 0 amide bonds. The topological polar surface area (TPSA) is 23.8 Å². The molecule has 1 nitrogen and oxygen atoms in total. The molecule has 2 saturated carbocycles. The molecule has 0 atom stereocenters. The fourth-order valence-corrected chi connectivity index (χ4v) is 5.71. The van der Waals surface area contributed by atoms with Crippen molar-refractivity contribution < 1.29 is 4.39 Å². The summed E-state index contributed by atoms with van der Waals surface area (Å²) in [4.78, 5) is 0. The number of benzene rings is 1. The fourth-order valence-electron chi connectivity index (χ4n) is 5.71. The third-order valence-electron chi connectivity index (χ3n) is 7.88. The zero-order valence-electron chi connectivity index (χ0n) is 19.4. The van der Waals surface area contributed by atoms with E-state index in [0.29, 0.717) is 0 Å². The Balaban J connectivity index is 1.28. The van der Waals surface area contributed by atoms with Gasteiger partial charge in [0.15, 0.2) is 5.83 Å². The molecule has 0 saturated heterocycles. The Hall–Kier alpha value is -1.88. The minimum absolute atomic E-state index is 0.712. The SMILES string of the molecule is CCc1ccc([C@H]2CC[C@H](CC[C@H]3CC[C@H](CC/C=C/C=C(\F)C#N)CC3)CC2)cc1. The Morgan fingerprint density at radius 3 is 2.00 bits per heavy atom. The first-order valence-electron chi connectivity index (χ1n) is 12.7. The Morgan fingerprint density at radius 1 is 0.903 bits per heavy atom. The molecular formula is C29H40FN. The third-order valence-corrected chi connectivity index (χ3v) is 7.88. The summed E-state index contributed by atoms with van der Waals surface area (Å²) in [7, 11) is 0. The number of aryl methyl sites for hydroxylation is 1. The highest BCUT2D eigenvalue weighted by Gasteiger charge is 2.25. The van der Waals surface area contributed by atoms with Crippen LogP contribution in [-0.2, 0) is 6.42 Å². The van der Waals surface area contributed by atoms with Gasteiger partial charge in [-0.05, 0) is 85.8 Å². The van der Waals surface area contributed by atoms with Crippen molar-refractivity contribution in [2.75, 3.05) is 0 Å². The van der Waals surface area contributed by atoms with E-state index in [0.717, 1.165) is 36.5 Å². The second-order valence-corrected chi connectivity index (χ2v) is 9.91. The van der Waals surface area contributed by atoms with Crippen molar-refractivity contribution in [3.8, 4) is 6.07 Å². The number of halogens is 1. The first kappa shape index (κ1) is 23.8. The zero-order valence-corrected chi connectivity index (χ0v) is 19.4. The van der Waals surface area contributed by atoms with E-state index in [-0.39, 0.29) is 0 Å². The molecule has 0 aliphatic heterocycles. The summed E-state index contributed by atoms with van der Waals surface area (Å²) in [6.45, 7) is 2.23. The molecule has 1 aromatic carbocycles. The van der Waals surface area contributed by atoms with Crippen LogP contribution in [-0.4, -0.2) is 0 Å². The highest BCUT2D eigenvalue weighted by atomic mass is 19.1. The van der Waals surface area contributed by atoms with Crippen molar-refractivity contribution >= 4 is 0 Å². The van der Waals surface area contributed by atoms with E-state index >= 15 is 0 Å². The highest BCUT2D eigenvalue weighted by molar-refractivity contribution is 5.25. The molecule has 2 aliphatic rings. The lowest BCUT2D eigenvalue weighted by Gasteiger charge is -2.32. The molecule has 0 bridgehead atoms. The van der Waals surface area contributed by atoms with E-state index in [1.165, 1.54) is 88.3 Å². The molecule has 0 unspecified atom stereocenters. The Bertz CT molecular complexity index is 738. The molecule has 0 N–H and O–H groups in total. The molecule has 2 aliphatic carbocycles. The van der Waals surface area contributed by atoms with Gasteiger partial charge in [-0.3, -0.25) is 0 Å². The van der Waals surface area contributed by atoms with Gasteiger partial charge in [0, 0.05) is 0 Å². The number of nitrogens with zero attached hydrogens (tertiary/aromatic N) is 1. The van der Waals surface area contributed by atoms with E-state index in [1.807, 2.05) is 6.08 Å². The van der Waals surface area contributed by atoms with E-state index in [2.05, 4.69) is 31.2 Å². The molecule has 3 rings (SSSR count). The van der Waals surface area contributed by atoms with Crippen LogP contribution in [0.5, 0.6) is 0 Å². The summed E-state index contributed by atoms with van der Waals surface area (Å²) in [6.07, 6.45) is 22.3. The minimum Gasteiger partial charge on any atom is -0.195 e. The molecule has 0 radical (unpaired) electrons. The quantitative estimate of drug-likeness (QED) is 0.288. The lowest BCUT2D eigenvalue weighted by Crippen LogP contribution is -2.17. The first-order valence-corrected chi connectivity index (χ1v) is 12.7. The summed E-state index contributed by atoms with van der Waals surface area (Å²) in [5.41, 5.74) is 3.02. The van der Waals surface area contributed by atoms with Crippen molar-refractivity contribution in [2.45, 2.75) is 96.3 Å². The van der Waals surface area contributed by atoms with Gasteiger partial charge in [0.1, 0.15) is 6.07 Å². The number of hydrogen-bond donors (Lipinski definition) is 0. The average Bonchev–Trinajstić information content (AvgIpc) is 2.83. The normalized spacial score (nSPS) is 27.3. The summed E-state index contributed by atoms with van der Waals surface area (Å²) in [6, 6.07) is 10.9. The summed E-state index contributed by atoms with van der Waals surface area (Å²) >= 11 is 0. The van der Waals surface area contributed by atoms with Crippen LogP contribution in [0.3, 0.4) is 0 Å². The Morgan fingerprint density at radius 2 is 1.45 bits per heavy atom. The standard InChI is InChI=1S/C29H40FN/c1-2-23-14-18-27(19-15-23)28-20-16-26(17-21-28)13-12-25-10-8-24(9-11-25)6-4-3-5-7-29(30)22-31/h3,5,7,14-15,18-19,24-26,28H,2,4,6,8-13,16-17,20-21H2,1H3/b5-3+,29-7-/t24-,25-,26-,28-. The predicted octanol–water partition coefficient (Wildman–Crippen LogP) is 8.82. The molecule has 0 heterocycles. The number of nitriles is 1. The van der Waals surface area contributed by atoms with Gasteiger partial charge in [0.2, 0.25) is 0 Å². The van der Waals surface area contributed by atoms with Crippen molar-refractivity contribution in [2.24, 2.45) is 17.8 Å². The molecule has 168 valence electrons. The maximum Gasteiger partial charge on any atom is 0.199 e. The van der Waals surface area contributed by atoms with Crippen LogP contribution in [0.25, 0.3) is 0 Å². The van der Waals surface area contributed by atoms with Gasteiger partial charge < -0.3 is 0 Å².